The molecule has 6 nitrogen and oxygen atoms in total. The highest BCUT2D eigenvalue weighted by molar-refractivity contribution is 5.87. The normalized spacial score (nSPS) is 12.5. The lowest BCUT2D eigenvalue weighted by molar-refractivity contribution is 0.216. The monoisotopic (exact) mass is 702 g/mol. The Kier molecular flexibility index (Phi) is 8.69. The summed E-state index contributed by atoms with van der Waals surface area (Å²) in [5.74, 6) is 1.35. The first-order valence-electron chi connectivity index (χ1n) is 18.2. The van der Waals surface area contributed by atoms with Crippen LogP contribution < -0.4 is 9.47 Å². The summed E-state index contributed by atoms with van der Waals surface area (Å²) in [6.45, 7) is 0. The van der Waals surface area contributed by atoms with Crippen molar-refractivity contribution in [2.24, 2.45) is 14.1 Å². The van der Waals surface area contributed by atoms with Gasteiger partial charge in [-0.1, -0.05) is 146 Å². The Morgan fingerprint density at radius 3 is 1.31 bits per heavy atom. The van der Waals surface area contributed by atoms with Crippen molar-refractivity contribution in [1.29, 1.82) is 0 Å². The van der Waals surface area contributed by atoms with Crippen molar-refractivity contribution in [1.82, 2.24) is 19.1 Å². The summed E-state index contributed by atoms with van der Waals surface area (Å²) in [7, 11) is 4.10. The quantitative estimate of drug-likeness (QED) is 0.142. The first-order valence-corrected chi connectivity index (χ1v) is 18.2. The maximum Gasteiger partial charge on any atom is 0.230 e. The highest BCUT2D eigenvalue weighted by Crippen LogP contribution is 2.44. The van der Waals surface area contributed by atoms with Crippen LogP contribution in [0, 0.1) is 0 Å². The molecule has 0 spiro atoms. The van der Waals surface area contributed by atoms with Gasteiger partial charge in [0, 0.05) is 43.2 Å². The number of aromatic nitrogens is 4. The maximum absolute atomic E-state index is 7.34. The summed E-state index contributed by atoms with van der Waals surface area (Å²) >= 11 is 0. The minimum absolute atomic E-state index is 0.424. The predicted molar refractivity (Wildman–Crippen MR) is 217 cm³/mol. The molecular formula is C48H38N4O2. The fraction of sp³-hybridized carbons (Fsp3) is 0.0833. The lowest BCUT2D eigenvalue weighted by atomic mass is 9.98. The molecule has 3 aromatic heterocycles. The zero-order chi connectivity index (χ0) is 36.4. The largest absolute Gasteiger partial charge is 0.462 e. The van der Waals surface area contributed by atoms with E-state index in [1.54, 1.807) is 0 Å². The molecule has 2 atom stereocenters. The summed E-state index contributed by atoms with van der Waals surface area (Å²) in [5.41, 5.74) is 6.47. The molecule has 0 aliphatic carbocycles. The molecular weight excluding hydrogens is 665 g/mol. The van der Waals surface area contributed by atoms with Crippen molar-refractivity contribution in [2.45, 2.75) is 12.2 Å². The molecule has 6 heteroatoms. The van der Waals surface area contributed by atoms with Gasteiger partial charge in [0.2, 0.25) is 11.8 Å². The molecule has 9 rings (SSSR count). The van der Waals surface area contributed by atoms with Gasteiger partial charge in [0.1, 0.15) is 5.56 Å². The molecule has 0 aliphatic heterocycles. The lowest BCUT2D eigenvalue weighted by Crippen LogP contribution is -2.17. The molecule has 0 N–H and O–H groups in total. The number of rotatable bonds is 10. The van der Waals surface area contributed by atoms with Crippen LogP contribution in [0.15, 0.2) is 182 Å². The highest BCUT2D eigenvalue weighted by Gasteiger charge is 2.30. The molecule has 0 saturated carbocycles. The van der Waals surface area contributed by atoms with Gasteiger partial charge in [-0.3, -0.25) is 0 Å². The third kappa shape index (κ3) is 6.18. The van der Waals surface area contributed by atoms with Crippen LogP contribution in [0.3, 0.4) is 0 Å². The van der Waals surface area contributed by atoms with Gasteiger partial charge >= 0.3 is 0 Å². The van der Waals surface area contributed by atoms with Crippen molar-refractivity contribution < 1.29 is 9.47 Å². The molecule has 0 saturated heterocycles. The summed E-state index contributed by atoms with van der Waals surface area (Å²) in [5, 5.41) is 4.50. The van der Waals surface area contributed by atoms with Crippen LogP contribution in [0.5, 0.6) is 11.8 Å². The second-order valence-electron chi connectivity index (χ2n) is 13.5. The molecule has 0 fully saturated rings. The third-order valence-corrected chi connectivity index (χ3v) is 10.1. The number of hydrogen-bond donors (Lipinski definition) is 0. The SMILES string of the molecule is Cn1cccc1[C@@H](Oc1nc(-c2ccccc2)nc(O[C@@H](c2cccc3ccccc23)c2cccn2C)c1-c1ccccc1)c1cccc2ccccc12. The number of ether oxygens (including phenoxy) is 2. The van der Waals surface area contributed by atoms with E-state index in [2.05, 4.69) is 118 Å². The first kappa shape index (κ1) is 33.0. The summed E-state index contributed by atoms with van der Waals surface area (Å²) in [6, 6.07) is 58.1. The van der Waals surface area contributed by atoms with Crippen LogP contribution in [-0.2, 0) is 14.1 Å². The summed E-state index contributed by atoms with van der Waals surface area (Å²) in [4.78, 5) is 10.5. The van der Waals surface area contributed by atoms with E-state index >= 15 is 0 Å². The van der Waals surface area contributed by atoms with E-state index in [-0.39, 0.29) is 0 Å². The highest BCUT2D eigenvalue weighted by atomic mass is 16.5. The Hall–Kier alpha value is -6.92. The second-order valence-corrected chi connectivity index (χ2v) is 13.5. The molecule has 0 radical (unpaired) electrons. The van der Waals surface area contributed by atoms with Gasteiger partial charge in [-0.15, -0.1) is 0 Å². The van der Waals surface area contributed by atoms with Crippen LogP contribution in [0.25, 0.3) is 44.1 Å². The van der Waals surface area contributed by atoms with E-state index in [9.17, 15) is 0 Å². The smallest absolute Gasteiger partial charge is 0.230 e. The van der Waals surface area contributed by atoms with E-state index in [1.807, 2.05) is 87.2 Å². The van der Waals surface area contributed by atoms with E-state index < -0.39 is 12.2 Å². The summed E-state index contributed by atoms with van der Waals surface area (Å²) < 4.78 is 18.9. The van der Waals surface area contributed by atoms with Crippen LogP contribution >= 0.6 is 0 Å². The van der Waals surface area contributed by atoms with Crippen molar-refractivity contribution in [2.75, 3.05) is 0 Å². The van der Waals surface area contributed by atoms with Gasteiger partial charge in [0.15, 0.2) is 18.0 Å². The van der Waals surface area contributed by atoms with Crippen molar-refractivity contribution in [3.63, 3.8) is 0 Å². The fourth-order valence-corrected chi connectivity index (χ4v) is 7.40. The summed E-state index contributed by atoms with van der Waals surface area (Å²) in [6.07, 6.45) is 3.08. The van der Waals surface area contributed by atoms with Crippen LogP contribution in [0.2, 0.25) is 0 Å². The number of hydrogen-bond acceptors (Lipinski definition) is 4. The molecule has 0 unspecified atom stereocenters. The number of benzene rings is 6. The van der Waals surface area contributed by atoms with Gasteiger partial charge in [-0.05, 0) is 51.4 Å². The average molecular weight is 703 g/mol. The molecule has 9 aromatic rings. The van der Waals surface area contributed by atoms with E-state index in [0.29, 0.717) is 23.1 Å². The van der Waals surface area contributed by atoms with Crippen molar-refractivity contribution in [3.05, 3.63) is 205 Å². The van der Waals surface area contributed by atoms with Gasteiger partial charge in [-0.25, -0.2) is 0 Å². The Labute approximate surface area is 314 Å². The molecule has 54 heavy (non-hydrogen) atoms. The Bertz CT molecular complexity index is 2560. The number of fused-ring (bicyclic) bond motifs is 2. The number of aryl methyl sites for hydroxylation is 2. The van der Waals surface area contributed by atoms with Crippen LogP contribution in [0.1, 0.15) is 34.7 Å². The molecule has 6 aromatic carbocycles. The molecule has 0 aliphatic rings. The predicted octanol–water partition coefficient (Wildman–Crippen LogP) is 11.1. The zero-order valence-corrected chi connectivity index (χ0v) is 30.1. The van der Waals surface area contributed by atoms with Crippen molar-refractivity contribution in [3.8, 4) is 34.3 Å². The Balaban J connectivity index is 1.30. The molecule has 3 heterocycles. The van der Waals surface area contributed by atoms with Crippen molar-refractivity contribution >= 4 is 21.5 Å². The fourth-order valence-electron chi connectivity index (χ4n) is 7.40. The molecule has 0 amide bonds. The standard InChI is InChI=1S/C48H38N4O2/c1-51-31-15-29-41(51)44(39-27-13-23-33-17-9-11-25-37(33)39)53-47-43(35-19-5-3-6-20-35)48(50-46(49-47)36-21-7-4-8-22-36)54-45(42-30-16-32-52(42)2)40-28-14-24-34-18-10-12-26-38(34)40/h3-32,44-45H,1-2H3/t44-,45-/m0/s1. The van der Waals surface area contributed by atoms with E-state index in [0.717, 1.165) is 55.2 Å². The second kappa shape index (κ2) is 14.2. The van der Waals surface area contributed by atoms with Gasteiger partial charge < -0.3 is 18.6 Å². The first-order chi connectivity index (χ1) is 26.6. The van der Waals surface area contributed by atoms with Crippen LogP contribution in [0.4, 0.5) is 0 Å². The van der Waals surface area contributed by atoms with Gasteiger partial charge in [0.05, 0.1) is 11.4 Å². The van der Waals surface area contributed by atoms with Crippen LogP contribution in [-0.4, -0.2) is 19.1 Å². The zero-order valence-electron chi connectivity index (χ0n) is 30.1. The van der Waals surface area contributed by atoms with Gasteiger partial charge in [-0.2, -0.15) is 9.97 Å². The Morgan fingerprint density at radius 2 is 0.852 bits per heavy atom. The molecule has 0 bridgehead atoms. The minimum atomic E-state index is -0.508. The average Bonchev–Trinajstić information content (AvgIpc) is 3.86. The maximum atomic E-state index is 7.34. The number of nitrogens with zero attached hydrogens (tertiary/aromatic N) is 4. The van der Waals surface area contributed by atoms with E-state index in [1.165, 1.54) is 0 Å². The third-order valence-electron chi connectivity index (χ3n) is 10.1. The van der Waals surface area contributed by atoms with Gasteiger partial charge in [0.25, 0.3) is 0 Å². The lowest BCUT2D eigenvalue weighted by Gasteiger charge is -2.26. The Morgan fingerprint density at radius 1 is 0.426 bits per heavy atom. The van der Waals surface area contributed by atoms with E-state index in [4.69, 9.17) is 19.4 Å². The topological polar surface area (TPSA) is 54.1 Å². The molecule has 262 valence electrons. The minimum Gasteiger partial charge on any atom is -0.462 e.